The molecule has 112 valence electrons. The lowest BCUT2D eigenvalue weighted by atomic mass is 9.83. The van der Waals surface area contributed by atoms with E-state index in [4.69, 9.17) is 0 Å². The van der Waals surface area contributed by atoms with Gasteiger partial charge in [0.05, 0.1) is 0 Å². The molecule has 1 N–H and O–H groups in total. The van der Waals surface area contributed by atoms with E-state index < -0.39 is 0 Å². The normalized spacial score (nSPS) is 31.1. The number of fused-ring (bicyclic) bond motifs is 1. The van der Waals surface area contributed by atoms with Gasteiger partial charge in [-0.3, -0.25) is 0 Å². The molecule has 0 aliphatic carbocycles. The zero-order chi connectivity index (χ0) is 13.7. The lowest BCUT2D eigenvalue weighted by Gasteiger charge is -2.47. The maximum atomic E-state index is 3.53. The SMILES string of the molecule is CCCNCCC(C)N1CCC2C(CCCN2C)C1. The zero-order valence-electron chi connectivity index (χ0n) is 13.2. The van der Waals surface area contributed by atoms with Gasteiger partial charge in [0.2, 0.25) is 0 Å². The molecule has 2 rings (SSSR count). The Bertz CT molecular complexity index is 256. The first-order valence-electron chi connectivity index (χ1n) is 8.37. The molecule has 2 heterocycles. The Morgan fingerprint density at radius 3 is 2.84 bits per heavy atom. The van der Waals surface area contributed by atoms with Gasteiger partial charge in [-0.05, 0) is 78.2 Å². The first-order chi connectivity index (χ1) is 9.22. The fourth-order valence-corrected chi connectivity index (χ4v) is 3.88. The van der Waals surface area contributed by atoms with Crippen LogP contribution in [0.5, 0.6) is 0 Å². The highest BCUT2D eigenvalue weighted by molar-refractivity contribution is 4.90. The number of nitrogens with one attached hydrogen (secondary N) is 1. The molecule has 0 bridgehead atoms. The van der Waals surface area contributed by atoms with Gasteiger partial charge in [0, 0.05) is 18.6 Å². The van der Waals surface area contributed by atoms with Crippen LogP contribution in [0.4, 0.5) is 0 Å². The molecule has 0 saturated carbocycles. The molecule has 0 aromatic heterocycles. The Labute approximate surface area is 119 Å². The quantitative estimate of drug-likeness (QED) is 0.744. The van der Waals surface area contributed by atoms with Crippen LogP contribution in [-0.2, 0) is 0 Å². The number of likely N-dealkylation sites (tertiary alicyclic amines) is 2. The van der Waals surface area contributed by atoms with Crippen molar-refractivity contribution in [3.05, 3.63) is 0 Å². The molecule has 0 aromatic carbocycles. The van der Waals surface area contributed by atoms with Crippen LogP contribution < -0.4 is 5.32 Å². The number of hydrogen-bond acceptors (Lipinski definition) is 3. The van der Waals surface area contributed by atoms with Gasteiger partial charge in [0.15, 0.2) is 0 Å². The van der Waals surface area contributed by atoms with Crippen molar-refractivity contribution in [1.82, 2.24) is 15.1 Å². The van der Waals surface area contributed by atoms with E-state index >= 15 is 0 Å². The molecule has 3 atom stereocenters. The lowest BCUT2D eigenvalue weighted by molar-refractivity contribution is 0.0219. The monoisotopic (exact) mass is 267 g/mol. The van der Waals surface area contributed by atoms with Crippen molar-refractivity contribution in [2.75, 3.05) is 39.8 Å². The summed E-state index contributed by atoms with van der Waals surface area (Å²) in [5.74, 6) is 0.929. The Kier molecular flexibility index (Phi) is 6.11. The summed E-state index contributed by atoms with van der Waals surface area (Å²) in [5.41, 5.74) is 0. The van der Waals surface area contributed by atoms with Gasteiger partial charge in [-0.15, -0.1) is 0 Å². The highest BCUT2D eigenvalue weighted by Gasteiger charge is 2.35. The van der Waals surface area contributed by atoms with Crippen LogP contribution in [0, 0.1) is 5.92 Å². The summed E-state index contributed by atoms with van der Waals surface area (Å²) in [5, 5.41) is 3.53. The topological polar surface area (TPSA) is 18.5 Å². The highest BCUT2D eigenvalue weighted by Crippen LogP contribution is 2.30. The fourth-order valence-electron chi connectivity index (χ4n) is 3.88. The molecule has 0 aromatic rings. The van der Waals surface area contributed by atoms with Crippen LogP contribution in [0.2, 0.25) is 0 Å². The molecule has 2 aliphatic rings. The van der Waals surface area contributed by atoms with Crippen molar-refractivity contribution < 1.29 is 0 Å². The van der Waals surface area contributed by atoms with Gasteiger partial charge in [-0.25, -0.2) is 0 Å². The van der Waals surface area contributed by atoms with Crippen LogP contribution in [0.3, 0.4) is 0 Å². The van der Waals surface area contributed by atoms with E-state index in [9.17, 15) is 0 Å². The second-order valence-electron chi connectivity index (χ2n) is 6.62. The molecule has 3 unspecified atom stereocenters. The van der Waals surface area contributed by atoms with E-state index in [0.717, 1.165) is 18.0 Å². The second-order valence-corrected chi connectivity index (χ2v) is 6.62. The molecule has 3 nitrogen and oxygen atoms in total. The maximum absolute atomic E-state index is 3.53. The van der Waals surface area contributed by atoms with Gasteiger partial charge in [0.25, 0.3) is 0 Å². The van der Waals surface area contributed by atoms with Crippen LogP contribution in [0.15, 0.2) is 0 Å². The Balaban J connectivity index is 1.73. The number of rotatable bonds is 6. The van der Waals surface area contributed by atoms with Gasteiger partial charge in [-0.2, -0.15) is 0 Å². The van der Waals surface area contributed by atoms with E-state index in [1.165, 1.54) is 64.8 Å². The van der Waals surface area contributed by atoms with Gasteiger partial charge in [0.1, 0.15) is 0 Å². The fraction of sp³-hybridized carbons (Fsp3) is 1.00. The second kappa shape index (κ2) is 7.61. The Morgan fingerprint density at radius 2 is 2.05 bits per heavy atom. The molecule has 3 heteroatoms. The number of piperidine rings is 2. The summed E-state index contributed by atoms with van der Waals surface area (Å²) >= 11 is 0. The number of hydrogen-bond donors (Lipinski definition) is 1. The van der Waals surface area contributed by atoms with E-state index in [1.54, 1.807) is 0 Å². The van der Waals surface area contributed by atoms with Gasteiger partial charge >= 0.3 is 0 Å². The van der Waals surface area contributed by atoms with Crippen molar-refractivity contribution in [2.45, 2.75) is 58.0 Å². The average molecular weight is 267 g/mol. The summed E-state index contributed by atoms with van der Waals surface area (Å²) in [6, 6.07) is 1.62. The van der Waals surface area contributed by atoms with Crippen LogP contribution in [0.1, 0.15) is 46.0 Å². The summed E-state index contributed by atoms with van der Waals surface area (Å²) < 4.78 is 0. The van der Waals surface area contributed by atoms with Crippen molar-refractivity contribution >= 4 is 0 Å². The minimum absolute atomic E-state index is 0.748. The van der Waals surface area contributed by atoms with Gasteiger partial charge < -0.3 is 15.1 Å². The third-order valence-corrected chi connectivity index (χ3v) is 5.17. The molecule has 2 saturated heterocycles. The van der Waals surface area contributed by atoms with Crippen molar-refractivity contribution in [3.8, 4) is 0 Å². The molecule has 0 radical (unpaired) electrons. The molecule has 2 fully saturated rings. The Hall–Kier alpha value is -0.120. The zero-order valence-corrected chi connectivity index (χ0v) is 13.2. The lowest BCUT2D eigenvalue weighted by Crippen LogP contribution is -2.54. The van der Waals surface area contributed by atoms with E-state index in [0.29, 0.717) is 0 Å². The molecule has 19 heavy (non-hydrogen) atoms. The van der Waals surface area contributed by atoms with E-state index in [1.807, 2.05) is 0 Å². The summed E-state index contributed by atoms with van der Waals surface area (Å²) in [6.45, 7) is 11.0. The smallest absolute Gasteiger partial charge is 0.0145 e. The third-order valence-electron chi connectivity index (χ3n) is 5.17. The molecule has 2 aliphatic heterocycles. The summed E-state index contributed by atoms with van der Waals surface area (Å²) in [6.07, 6.45) is 6.78. The first-order valence-corrected chi connectivity index (χ1v) is 8.37. The van der Waals surface area contributed by atoms with Crippen molar-refractivity contribution in [2.24, 2.45) is 5.92 Å². The molecular weight excluding hydrogens is 234 g/mol. The van der Waals surface area contributed by atoms with Gasteiger partial charge in [-0.1, -0.05) is 6.92 Å². The first kappa shape index (κ1) is 15.3. The van der Waals surface area contributed by atoms with E-state index in [-0.39, 0.29) is 0 Å². The summed E-state index contributed by atoms with van der Waals surface area (Å²) in [7, 11) is 2.32. The predicted octanol–water partition coefficient (Wildman–Crippen LogP) is 2.18. The summed E-state index contributed by atoms with van der Waals surface area (Å²) in [4.78, 5) is 5.35. The molecule has 0 amide bonds. The molecule has 0 spiro atoms. The third kappa shape index (κ3) is 4.17. The largest absolute Gasteiger partial charge is 0.317 e. The van der Waals surface area contributed by atoms with Crippen LogP contribution in [-0.4, -0.2) is 61.7 Å². The standard InChI is InChI=1S/C16H33N3/c1-4-9-17-10-7-14(2)19-12-8-16-15(13-19)6-5-11-18(16)3/h14-17H,4-13H2,1-3H3. The highest BCUT2D eigenvalue weighted by atomic mass is 15.2. The number of nitrogens with zero attached hydrogens (tertiary/aromatic N) is 2. The molecular formula is C16H33N3. The predicted molar refractivity (Wildman–Crippen MR) is 82.6 cm³/mol. The Morgan fingerprint density at radius 1 is 1.21 bits per heavy atom. The minimum atomic E-state index is 0.748. The van der Waals surface area contributed by atoms with E-state index in [2.05, 4.69) is 36.0 Å². The van der Waals surface area contributed by atoms with Crippen molar-refractivity contribution in [1.29, 1.82) is 0 Å². The van der Waals surface area contributed by atoms with Crippen molar-refractivity contribution in [3.63, 3.8) is 0 Å². The maximum Gasteiger partial charge on any atom is 0.0145 e. The van der Waals surface area contributed by atoms with Crippen LogP contribution in [0.25, 0.3) is 0 Å². The van der Waals surface area contributed by atoms with Crippen LogP contribution >= 0.6 is 0 Å². The average Bonchev–Trinajstić information content (AvgIpc) is 2.43. The minimum Gasteiger partial charge on any atom is -0.317 e.